The predicted molar refractivity (Wildman–Crippen MR) is 128 cm³/mol. The second-order valence-electron chi connectivity index (χ2n) is 7.90. The lowest BCUT2D eigenvalue weighted by atomic mass is 10.1. The van der Waals surface area contributed by atoms with Gasteiger partial charge in [0.25, 0.3) is 0 Å². The van der Waals surface area contributed by atoms with Gasteiger partial charge >= 0.3 is 5.97 Å². The highest BCUT2D eigenvalue weighted by atomic mass is 16.6. The number of hydrogen-bond donors (Lipinski definition) is 2. The van der Waals surface area contributed by atoms with Gasteiger partial charge in [-0.25, -0.2) is 4.79 Å². The number of esters is 1. The minimum Gasteiger partial charge on any atom is -0.497 e. The number of benzene rings is 2. The van der Waals surface area contributed by atoms with Crippen LogP contribution in [0.5, 0.6) is 5.75 Å². The van der Waals surface area contributed by atoms with Crippen molar-refractivity contribution in [3.05, 3.63) is 66.2 Å². The molecule has 0 bridgehead atoms. The molecule has 2 rings (SSSR count). The molecule has 2 aromatic carbocycles. The van der Waals surface area contributed by atoms with Crippen LogP contribution in [0.1, 0.15) is 53.0 Å². The van der Waals surface area contributed by atoms with Crippen molar-refractivity contribution in [3.8, 4) is 5.75 Å². The number of anilines is 2. The summed E-state index contributed by atoms with van der Waals surface area (Å²) in [6, 6.07) is 15.4. The van der Waals surface area contributed by atoms with Crippen molar-refractivity contribution in [1.29, 1.82) is 0 Å². The minimum absolute atomic E-state index is 0.326. The second kappa shape index (κ2) is 14.1. The first-order valence-corrected chi connectivity index (χ1v) is 10.1. The summed E-state index contributed by atoms with van der Waals surface area (Å²) in [6.45, 7) is 12.8. The van der Waals surface area contributed by atoms with Crippen LogP contribution in [0.4, 0.5) is 11.4 Å². The van der Waals surface area contributed by atoms with E-state index in [0.29, 0.717) is 5.57 Å². The quantitative estimate of drug-likeness (QED) is 0.367. The molecule has 0 aromatic heterocycles. The van der Waals surface area contributed by atoms with E-state index in [1.54, 1.807) is 26.2 Å². The topological polar surface area (TPSA) is 87.6 Å². The molecule has 0 unspecified atom stereocenters. The monoisotopic (exact) mass is 414 g/mol. The van der Waals surface area contributed by atoms with Gasteiger partial charge < -0.3 is 20.9 Å². The number of hydrogen-bond acceptors (Lipinski definition) is 5. The SMILES string of the molecule is C=C(C)C(=O)OC(C)(C)C.CCCCc1ccc(N)cc1.COc1ccc(N)cc1. The number of nitrogens with two attached hydrogens (primary N) is 2. The number of nitrogen functional groups attached to an aromatic ring is 2. The molecule has 5 heteroatoms. The van der Waals surface area contributed by atoms with Crippen LogP contribution in [0, 0.1) is 0 Å². The molecule has 0 fully saturated rings. The normalized spacial score (nSPS) is 9.93. The average molecular weight is 415 g/mol. The van der Waals surface area contributed by atoms with Crippen molar-refractivity contribution in [2.75, 3.05) is 18.6 Å². The van der Waals surface area contributed by atoms with Crippen LogP contribution < -0.4 is 16.2 Å². The molecule has 0 amide bonds. The van der Waals surface area contributed by atoms with E-state index in [4.69, 9.17) is 20.9 Å². The van der Waals surface area contributed by atoms with Crippen LogP contribution in [-0.4, -0.2) is 18.7 Å². The second-order valence-corrected chi connectivity index (χ2v) is 7.90. The fourth-order valence-corrected chi connectivity index (χ4v) is 2.03. The van der Waals surface area contributed by atoms with Gasteiger partial charge in [-0.1, -0.05) is 32.1 Å². The zero-order valence-electron chi connectivity index (χ0n) is 19.3. The van der Waals surface area contributed by atoms with E-state index < -0.39 is 5.60 Å². The first-order valence-electron chi connectivity index (χ1n) is 10.1. The molecule has 30 heavy (non-hydrogen) atoms. The van der Waals surface area contributed by atoms with Gasteiger partial charge in [-0.05, 0) is 82.5 Å². The van der Waals surface area contributed by atoms with E-state index in [0.717, 1.165) is 17.1 Å². The Hall–Kier alpha value is -2.95. The highest BCUT2D eigenvalue weighted by molar-refractivity contribution is 5.87. The van der Waals surface area contributed by atoms with Gasteiger partial charge in [-0.3, -0.25) is 0 Å². The molecule has 4 N–H and O–H groups in total. The zero-order valence-corrected chi connectivity index (χ0v) is 19.3. The van der Waals surface area contributed by atoms with Crippen molar-refractivity contribution >= 4 is 17.3 Å². The third-order valence-electron chi connectivity index (χ3n) is 3.66. The van der Waals surface area contributed by atoms with E-state index in [-0.39, 0.29) is 5.97 Å². The standard InChI is InChI=1S/C10H15N.C8H14O2.C7H9NO/c1-2-3-4-9-5-7-10(11)8-6-9;1-6(2)7(9)10-8(3,4)5;1-9-7-4-2-6(8)3-5-7/h5-8H,2-4,11H2,1H3;1H2,2-5H3;2-5H,8H2,1H3. The van der Waals surface area contributed by atoms with Crippen LogP contribution >= 0.6 is 0 Å². The Morgan fingerprint density at radius 2 is 1.43 bits per heavy atom. The Morgan fingerprint density at radius 1 is 0.967 bits per heavy atom. The number of unbranched alkanes of at least 4 members (excludes halogenated alkanes) is 1. The number of methoxy groups -OCH3 is 1. The third-order valence-corrected chi connectivity index (χ3v) is 3.66. The van der Waals surface area contributed by atoms with Gasteiger partial charge in [0.1, 0.15) is 11.4 Å². The van der Waals surface area contributed by atoms with Crippen molar-refractivity contribution in [3.63, 3.8) is 0 Å². The van der Waals surface area contributed by atoms with Crippen molar-refractivity contribution in [2.45, 2.75) is 59.5 Å². The summed E-state index contributed by atoms with van der Waals surface area (Å²) in [7, 11) is 1.63. The third kappa shape index (κ3) is 14.1. The number of carbonyl (C=O) groups is 1. The van der Waals surface area contributed by atoms with Crippen molar-refractivity contribution < 1.29 is 14.3 Å². The molecule has 0 spiro atoms. The molecule has 0 aliphatic heterocycles. The lowest BCUT2D eigenvalue weighted by molar-refractivity contribution is -0.149. The molecule has 0 saturated carbocycles. The molecule has 0 atom stereocenters. The smallest absolute Gasteiger partial charge is 0.333 e. The summed E-state index contributed by atoms with van der Waals surface area (Å²) in [4.78, 5) is 10.8. The van der Waals surface area contributed by atoms with Crippen LogP contribution in [0.25, 0.3) is 0 Å². The van der Waals surface area contributed by atoms with E-state index in [1.807, 2.05) is 45.0 Å². The van der Waals surface area contributed by atoms with Crippen molar-refractivity contribution in [2.24, 2.45) is 0 Å². The summed E-state index contributed by atoms with van der Waals surface area (Å²) >= 11 is 0. The molecule has 0 aliphatic carbocycles. The highest BCUT2D eigenvalue weighted by Crippen LogP contribution is 2.11. The maximum Gasteiger partial charge on any atom is 0.333 e. The Morgan fingerprint density at radius 3 is 1.77 bits per heavy atom. The summed E-state index contributed by atoms with van der Waals surface area (Å²) in [5, 5.41) is 0. The molecule has 0 radical (unpaired) electrons. The number of rotatable bonds is 5. The van der Waals surface area contributed by atoms with Gasteiger partial charge in [-0.15, -0.1) is 0 Å². The highest BCUT2D eigenvalue weighted by Gasteiger charge is 2.15. The van der Waals surface area contributed by atoms with E-state index in [9.17, 15) is 4.79 Å². The minimum atomic E-state index is -0.407. The van der Waals surface area contributed by atoms with E-state index in [2.05, 4.69) is 25.6 Å². The van der Waals surface area contributed by atoms with Gasteiger partial charge in [0, 0.05) is 16.9 Å². The van der Waals surface area contributed by atoms with Gasteiger partial charge in [0.05, 0.1) is 7.11 Å². The first kappa shape index (κ1) is 27.0. The molecule has 166 valence electrons. The Labute approximate surface area is 182 Å². The number of aryl methyl sites for hydroxylation is 1. The molecule has 0 heterocycles. The van der Waals surface area contributed by atoms with E-state index in [1.165, 1.54) is 24.8 Å². The molecule has 2 aromatic rings. The average Bonchev–Trinajstić information content (AvgIpc) is 2.68. The summed E-state index contributed by atoms with van der Waals surface area (Å²) in [5.41, 5.74) is 14.0. The Kier molecular flexibility index (Phi) is 12.7. The lowest BCUT2D eigenvalue weighted by Gasteiger charge is -2.19. The maximum atomic E-state index is 10.8. The molecule has 5 nitrogen and oxygen atoms in total. The zero-order chi connectivity index (χ0) is 23.2. The molecular weight excluding hydrogens is 376 g/mol. The number of carbonyl (C=O) groups excluding carboxylic acids is 1. The number of ether oxygens (including phenoxy) is 2. The fourth-order valence-electron chi connectivity index (χ4n) is 2.03. The maximum absolute atomic E-state index is 10.8. The van der Waals surface area contributed by atoms with Gasteiger partial charge in [0.15, 0.2) is 0 Å². The van der Waals surface area contributed by atoms with E-state index >= 15 is 0 Å². The predicted octanol–water partition coefficient (Wildman–Crippen LogP) is 5.79. The fraction of sp³-hybridized carbons (Fsp3) is 0.400. The summed E-state index contributed by atoms with van der Waals surface area (Å²) in [6.07, 6.45) is 3.70. The molecule has 0 aliphatic rings. The largest absolute Gasteiger partial charge is 0.497 e. The van der Waals surface area contributed by atoms with Crippen LogP contribution in [0.15, 0.2) is 60.7 Å². The van der Waals surface area contributed by atoms with Gasteiger partial charge in [0.2, 0.25) is 0 Å². The van der Waals surface area contributed by atoms with Crippen LogP contribution in [-0.2, 0) is 16.0 Å². The first-order chi connectivity index (χ1) is 14.0. The molecular formula is C25H38N2O3. The lowest BCUT2D eigenvalue weighted by Crippen LogP contribution is -2.23. The van der Waals surface area contributed by atoms with Crippen LogP contribution in [0.2, 0.25) is 0 Å². The van der Waals surface area contributed by atoms with Crippen LogP contribution in [0.3, 0.4) is 0 Å². The van der Waals surface area contributed by atoms with Crippen molar-refractivity contribution in [1.82, 2.24) is 0 Å². The molecule has 0 saturated heterocycles. The van der Waals surface area contributed by atoms with Gasteiger partial charge in [-0.2, -0.15) is 0 Å². The summed E-state index contributed by atoms with van der Waals surface area (Å²) < 4.78 is 9.87. The Bertz CT molecular complexity index is 745. The summed E-state index contributed by atoms with van der Waals surface area (Å²) in [5.74, 6) is 0.511. The Balaban J connectivity index is 0.000000423.